The Bertz CT molecular complexity index is 899. The van der Waals surface area contributed by atoms with Crippen LogP contribution in [0, 0.1) is 63.6 Å². The average molecular weight is 422 g/mol. The highest BCUT2D eigenvalue weighted by Crippen LogP contribution is 2.69. The van der Waals surface area contributed by atoms with E-state index in [1.54, 1.807) is 17.1 Å². The van der Waals surface area contributed by atoms with Crippen LogP contribution in [0.1, 0.15) is 84.6 Å². The molecule has 1 aromatic rings. The van der Waals surface area contributed by atoms with Crippen molar-refractivity contribution in [2.45, 2.75) is 85.6 Å². The Morgan fingerprint density at radius 3 is 2.61 bits per heavy atom. The number of hydrogen-bond donors (Lipinski definition) is 0. The van der Waals surface area contributed by atoms with Gasteiger partial charge in [-0.15, -0.1) is 0 Å². The van der Waals surface area contributed by atoms with Crippen molar-refractivity contribution in [3.63, 3.8) is 0 Å². The van der Waals surface area contributed by atoms with Gasteiger partial charge in [0.05, 0.1) is 18.3 Å². The zero-order valence-corrected chi connectivity index (χ0v) is 19.8. The fraction of sp³-hybridized carbons (Fsp3) is 0.815. The summed E-state index contributed by atoms with van der Waals surface area (Å²) in [6.07, 6.45) is 13.7. The summed E-state index contributed by atoms with van der Waals surface area (Å²) < 4.78 is 1.67. The van der Waals surface area contributed by atoms with E-state index < -0.39 is 0 Å². The number of ketones is 1. The number of carbonyl (C=O) groups excluding carboxylic acids is 1. The molecule has 0 N–H and O–H groups in total. The van der Waals surface area contributed by atoms with Crippen molar-refractivity contribution in [3.8, 4) is 6.07 Å². The Labute approximate surface area is 187 Å². The molecule has 0 amide bonds. The minimum atomic E-state index is 0.142. The first-order valence-electron chi connectivity index (χ1n) is 12.7. The highest BCUT2D eigenvalue weighted by atomic mass is 16.1. The van der Waals surface area contributed by atoms with E-state index in [1.807, 2.05) is 0 Å². The second-order valence-electron chi connectivity index (χ2n) is 12.3. The van der Waals surface area contributed by atoms with Gasteiger partial charge in [0.25, 0.3) is 0 Å². The first-order valence-corrected chi connectivity index (χ1v) is 12.7. The number of aromatic nitrogens is 2. The number of Topliss-reactive ketones (excluding diaryl/α,β-unsaturated/α-hetero) is 1. The van der Waals surface area contributed by atoms with Crippen molar-refractivity contribution in [3.05, 3.63) is 18.0 Å². The average Bonchev–Trinajstić information content (AvgIpc) is 3.32. The second kappa shape index (κ2) is 7.46. The molecule has 4 heteroatoms. The molecule has 1 heterocycles. The lowest BCUT2D eigenvalue weighted by atomic mass is 9.42. The van der Waals surface area contributed by atoms with E-state index >= 15 is 0 Å². The predicted molar refractivity (Wildman–Crippen MR) is 121 cm³/mol. The van der Waals surface area contributed by atoms with Gasteiger partial charge in [-0.3, -0.25) is 9.48 Å². The van der Waals surface area contributed by atoms with Crippen LogP contribution >= 0.6 is 0 Å². The lowest BCUT2D eigenvalue weighted by Gasteiger charge is -2.63. The molecular formula is C27H39N3O. The Balaban J connectivity index is 1.37. The third-order valence-corrected chi connectivity index (χ3v) is 10.8. The van der Waals surface area contributed by atoms with E-state index in [1.165, 1.54) is 44.9 Å². The van der Waals surface area contributed by atoms with Gasteiger partial charge in [0.2, 0.25) is 0 Å². The minimum absolute atomic E-state index is 0.142. The van der Waals surface area contributed by atoms with E-state index in [0.29, 0.717) is 29.2 Å². The largest absolute Gasteiger partial charge is 0.297 e. The van der Waals surface area contributed by atoms with Gasteiger partial charge in [-0.2, -0.15) is 10.4 Å². The molecule has 4 aliphatic carbocycles. The first-order chi connectivity index (χ1) is 14.8. The summed E-state index contributed by atoms with van der Waals surface area (Å²) in [6.45, 7) is 10.4. The van der Waals surface area contributed by atoms with Crippen LogP contribution in [-0.2, 0) is 11.3 Å². The van der Waals surface area contributed by atoms with Crippen molar-refractivity contribution < 1.29 is 4.79 Å². The van der Waals surface area contributed by atoms with Crippen LogP contribution in [0.15, 0.2) is 12.4 Å². The van der Waals surface area contributed by atoms with Gasteiger partial charge in [0.1, 0.15) is 6.07 Å². The smallest absolute Gasteiger partial charge is 0.157 e. The maximum absolute atomic E-state index is 13.4. The molecule has 168 valence electrons. The fourth-order valence-corrected chi connectivity index (χ4v) is 9.16. The summed E-state index contributed by atoms with van der Waals surface area (Å²) in [5.41, 5.74) is 1.20. The number of nitriles is 1. The molecule has 0 saturated heterocycles. The topological polar surface area (TPSA) is 58.7 Å². The molecule has 6 unspecified atom stereocenters. The van der Waals surface area contributed by atoms with Crippen molar-refractivity contribution in [1.29, 1.82) is 5.26 Å². The standard InChI is InChI=1S/C27H39N3O/c1-17-7-9-26(3)20(11-17)12-18(2)25-22-6-5-21(27(22,4)10-8-23(25)26)24(31)16-30-15-19(13-28)14-29-30/h14-15,17-18,20-23,25H,5-12,16H2,1-4H3/t17?,18?,20-,21?,22+,23+,25?,26?,27?/m1/s1. The van der Waals surface area contributed by atoms with Crippen molar-refractivity contribution in [1.82, 2.24) is 9.78 Å². The molecular weight excluding hydrogens is 382 g/mol. The number of nitrogens with zero attached hydrogens (tertiary/aromatic N) is 3. The molecule has 9 atom stereocenters. The zero-order valence-electron chi connectivity index (χ0n) is 19.8. The zero-order chi connectivity index (χ0) is 22.0. The summed E-state index contributed by atoms with van der Waals surface area (Å²) in [5, 5.41) is 13.3. The summed E-state index contributed by atoms with van der Waals surface area (Å²) in [4.78, 5) is 13.4. The van der Waals surface area contributed by atoms with Crippen LogP contribution < -0.4 is 0 Å². The number of carbonyl (C=O) groups is 1. The maximum atomic E-state index is 13.4. The van der Waals surface area contributed by atoms with Crippen molar-refractivity contribution in [2.75, 3.05) is 0 Å². The Morgan fingerprint density at radius 1 is 1.13 bits per heavy atom. The summed E-state index contributed by atoms with van der Waals surface area (Å²) in [6, 6.07) is 2.11. The van der Waals surface area contributed by atoms with Crippen molar-refractivity contribution in [2.24, 2.45) is 52.3 Å². The van der Waals surface area contributed by atoms with Crippen LogP contribution in [0.3, 0.4) is 0 Å². The third kappa shape index (κ3) is 3.21. The van der Waals surface area contributed by atoms with E-state index in [-0.39, 0.29) is 11.3 Å². The molecule has 4 nitrogen and oxygen atoms in total. The Hall–Kier alpha value is -1.63. The minimum Gasteiger partial charge on any atom is -0.297 e. The summed E-state index contributed by atoms with van der Waals surface area (Å²) in [5.74, 6) is 5.41. The van der Waals surface area contributed by atoms with Crippen molar-refractivity contribution >= 4 is 5.78 Å². The Kier molecular flexibility index (Phi) is 5.11. The highest BCUT2D eigenvalue weighted by Gasteiger charge is 2.62. The van der Waals surface area contributed by atoms with E-state index in [4.69, 9.17) is 5.26 Å². The second-order valence-corrected chi connectivity index (χ2v) is 12.3. The third-order valence-electron chi connectivity index (χ3n) is 10.8. The summed E-state index contributed by atoms with van der Waals surface area (Å²) >= 11 is 0. The Morgan fingerprint density at radius 2 is 1.87 bits per heavy atom. The molecule has 0 radical (unpaired) electrons. The SMILES string of the molecule is CC1CCC2(C)[C@H](C1)CC(C)C1[C@@H]3CCC(C(=O)Cn4cc(C#N)cn4)C3(C)CC[C@@H]12. The van der Waals surface area contributed by atoms with E-state index in [9.17, 15) is 4.79 Å². The predicted octanol–water partition coefficient (Wildman–Crippen LogP) is 5.86. The molecule has 0 aromatic carbocycles. The molecule has 4 aliphatic rings. The van der Waals surface area contributed by atoms with Crippen LogP contribution in [0.4, 0.5) is 0 Å². The van der Waals surface area contributed by atoms with E-state index in [2.05, 4.69) is 38.9 Å². The molecule has 4 fully saturated rings. The van der Waals surface area contributed by atoms with Crippen LogP contribution in [0.2, 0.25) is 0 Å². The van der Waals surface area contributed by atoms with Gasteiger partial charge >= 0.3 is 0 Å². The lowest BCUT2D eigenvalue weighted by Crippen LogP contribution is -2.56. The van der Waals surface area contributed by atoms with Gasteiger partial charge in [-0.05, 0) is 91.3 Å². The molecule has 0 aliphatic heterocycles. The van der Waals surface area contributed by atoms with Gasteiger partial charge in [-0.1, -0.05) is 34.1 Å². The van der Waals surface area contributed by atoms with Gasteiger partial charge < -0.3 is 0 Å². The molecule has 0 bridgehead atoms. The number of fused-ring (bicyclic) bond motifs is 5. The lowest BCUT2D eigenvalue weighted by molar-refractivity contribution is -0.148. The quantitative estimate of drug-likeness (QED) is 0.614. The molecule has 5 rings (SSSR count). The van der Waals surface area contributed by atoms with Crippen LogP contribution in [-0.4, -0.2) is 15.6 Å². The molecule has 4 saturated carbocycles. The van der Waals surface area contributed by atoms with Gasteiger partial charge in [-0.25, -0.2) is 0 Å². The van der Waals surface area contributed by atoms with Gasteiger partial charge in [0.15, 0.2) is 5.78 Å². The normalized spacial score (nSPS) is 46.5. The van der Waals surface area contributed by atoms with E-state index in [0.717, 1.165) is 36.0 Å². The fourth-order valence-electron chi connectivity index (χ4n) is 9.16. The monoisotopic (exact) mass is 421 g/mol. The maximum Gasteiger partial charge on any atom is 0.157 e. The number of rotatable bonds is 3. The summed E-state index contributed by atoms with van der Waals surface area (Å²) in [7, 11) is 0. The highest BCUT2D eigenvalue weighted by molar-refractivity contribution is 5.82. The van der Waals surface area contributed by atoms with Crippen LogP contribution in [0.5, 0.6) is 0 Å². The van der Waals surface area contributed by atoms with Crippen LogP contribution in [0.25, 0.3) is 0 Å². The van der Waals surface area contributed by atoms with Gasteiger partial charge in [0, 0.05) is 12.1 Å². The molecule has 1 aromatic heterocycles. The molecule has 0 spiro atoms. The first kappa shape index (κ1) is 21.2. The number of hydrogen-bond acceptors (Lipinski definition) is 3. The molecule has 31 heavy (non-hydrogen) atoms.